The first-order chi connectivity index (χ1) is 24.8. The molecule has 0 N–H and O–H groups in total. The molecule has 0 saturated carbocycles. The van der Waals surface area contributed by atoms with E-state index in [9.17, 15) is 0 Å². The molecule has 0 amide bonds. The largest absolute Gasteiger partial charge is 0.457 e. The van der Waals surface area contributed by atoms with Gasteiger partial charge in [0.1, 0.15) is 11.5 Å². The number of rotatable bonds is 4. The summed E-state index contributed by atoms with van der Waals surface area (Å²) in [5.74, 6) is 3.58. The summed E-state index contributed by atoms with van der Waals surface area (Å²) in [6.07, 6.45) is 1.85. The van der Waals surface area contributed by atoms with Crippen LogP contribution >= 0.6 is 0 Å². The van der Waals surface area contributed by atoms with E-state index < -0.39 is 5.41 Å². The lowest BCUT2D eigenvalue weighted by atomic mass is 9.65. The number of pyridine rings is 1. The maximum atomic E-state index is 6.61. The molecule has 5 heteroatoms. The average Bonchev–Trinajstić information content (AvgIpc) is 3.48. The molecule has 1 aliphatic heterocycles. The summed E-state index contributed by atoms with van der Waals surface area (Å²) in [4.78, 5) is 19.8. The summed E-state index contributed by atoms with van der Waals surface area (Å²) in [6.45, 7) is 0. The minimum absolute atomic E-state index is 0.620. The number of aromatic nitrogens is 4. The van der Waals surface area contributed by atoms with Gasteiger partial charge in [0.05, 0.1) is 11.1 Å². The van der Waals surface area contributed by atoms with Crippen LogP contribution in [0.25, 0.3) is 56.5 Å². The Labute approximate surface area is 289 Å². The predicted octanol–water partition coefficient (Wildman–Crippen LogP) is 10.4. The van der Waals surface area contributed by atoms with Crippen LogP contribution in [0.1, 0.15) is 22.3 Å². The van der Waals surface area contributed by atoms with E-state index in [4.69, 9.17) is 24.7 Å². The third kappa shape index (κ3) is 4.27. The number of hydrogen-bond acceptors (Lipinski definition) is 5. The van der Waals surface area contributed by atoms with E-state index in [1.807, 2.05) is 91.1 Å². The monoisotopic (exact) mass is 640 g/mol. The fraction of sp³-hybridized carbons (Fsp3) is 0.0222. The Morgan fingerprint density at radius 1 is 0.380 bits per heavy atom. The highest BCUT2D eigenvalue weighted by Crippen LogP contribution is 2.62. The van der Waals surface area contributed by atoms with E-state index in [-0.39, 0.29) is 0 Å². The fourth-order valence-corrected chi connectivity index (χ4v) is 7.67. The molecule has 6 aromatic carbocycles. The van der Waals surface area contributed by atoms with E-state index in [1.165, 1.54) is 16.7 Å². The topological polar surface area (TPSA) is 60.8 Å². The number of ether oxygens (including phenoxy) is 1. The van der Waals surface area contributed by atoms with Crippen LogP contribution in [0, 0.1) is 0 Å². The zero-order valence-electron chi connectivity index (χ0n) is 26.9. The van der Waals surface area contributed by atoms with Gasteiger partial charge in [-0.05, 0) is 58.7 Å². The van der Waals surface area contributed by atoms with Gasteiger partial charge in [-0.15, -0.1) is 0 Å². The van der Waals surface area contributed by atoms with Crippen LogP contribution in [0.5, 0.6) is 11.5 Å². The van der Waals surface area contributed by atoms with Crippen LogP contribution in [0.15, 0.2) is 170 Å². The molecular weight excluding hydrogens is 613 g/mol. The van der Waals surface area contributed by atoms with Gasteiger partial charge in [0, 0.05) is 39.6 Å². The van der Waals surface area contributed by atoms with Crippen LogP contribution in [0.3, 0.4) is 0 Å². The Bertz CT molecular complexity index is 2470. The van der Waals surface area contributed by atoms with Gasteiger partial charge < -0.3 is 4.74 Å². The lowest BCUT2D eigenvalue weighted by Crippen LogP contribution is -2.32. The summed E-state index contributed by atoms with van der Waals surface area (Å²) in [7, 11) is 0. The molecule has 0 unspecified atom stereocenters. The molecule has 1 aliphatic carbocycles. The van der Waals surface area contributed by atoms with Crippen molar-refractivity contribution in [3.8, 4) is 68.0 Å². The van der Waals surface area contributed by atoms with Gasteiger partial charge in [-0.3, -0.25) is 4.98 Å². The van der Waals surface area contributed by atoms with Crippen molar-refractivity contribution in [2.75, 3.05) is 0 Å². The van der Waals surface area contributed by atoms with Crippen LogP contribution in [0.2, 0.25) is 0 Å². The lowest BCUT2D eigenvalue weighted by Gasteiger charge is -2.39. The van der Waals surface area contributed by atoms with Gasteiger partial charge in [0.15, 0.2) is 17.5 Å². The first-order valence-corrected chi connectivity index (χ1v) is 16.7. The Morgan fingerprint density at radius 3 is 1.42 bits per heavy atom. The van der Waals surface area contributed by atoms with Crippen molar-refractivity contribution in [2.24, 2.45) is 0 Å². The molecule has 0 bridgehead atoms. The number of nitrogens with zero attached hydrogens (tertiary/aromatic N) is 4. The first-order valence-electron chi connectivity index (χ1n) is 16.7. The highest BCUT2D eigenvalue weighted by atomic mass is 16.5. The second kappa shape index (κ2) is 11.2. The summed E-state index contributed by atoms with van der Waals surface area (Å²) in [6, 6.07) is 56.5. The SMILES string of the molecule is c1ccc(-c2nc(-c3ccccc3)nc(-c3ccc4c(c3)C3(c5ccccc5Oc5ccccc53)c3cc(-c5ccccn5)ccc3-4)n2)cc1. The third-order valence-electron chi connectivity index (χ3n) is 9.86. The average molecular weight is 641 g/mol. The molecule has 3 heterocycles. The number of hydrogen-bond donors (Lipinski definition) is 0. The highest BCUT2D eigenvalue weighted by molar-refractivity contribution is 5.91. The van der Waals surface area contributed by atoms with E-state index in [1.54, 1.807) is 0 Å². The summed E-state index contributed by atoms with van der Waals surface area (Å²) < 4.78 is 6.61. The lowest BCUT2D eigenvalue weighted by molar-refractivity contribution is 0.436. The quantitative estimate of drug-likeness (QED) is 0.192. The van der Waals surface area contributed by atoms with Crippen molar-refractivity contribution in [2.45, 2.75) is 5.41 Å². The highest BCUT2D eigenvalue weighted by Gasteiger charge is 2.51. The number of para-hydroxylation sites is 2. The molecule has 5 nitrogen and oxygen atoms in total. The van der Waals surface area contributed by atoms with Gasteiger partial charge >= 0.3 is 0 Å². The Hall–Kier alpha value is -6.72. The van der Waals surface area contributed by atoms with Crippen molar-refractivity contribution < 1.29 is 4.74 Å². The van der Waals surface area contributed by atoms with Gasteiger partial charge in [-0.2, -0.15) is 0 Å². The standard InChI is InChI=1S/C45H28N4O/c1-3-13-29(14-4-1)42-47-43(30-15-5-2-6-16-30)49-44(48-42)32-23-25-34-33-24-22-31(39-19-11-12-26-46-39)27-37(33)45(38(34)28-32)35-17-7-9-20-40(35)50-41-21-10-8-18-36(41)45/h1-28H. The molecule has 0 saturated heterocycles. The molecule has 10 rings (SSSR count). The van der Waals surface area contributed by atoms with Crippen molar-refractivity contribution >= 4 is 0 Å². The molecule has 8 aromatic rings. The maximum Gasteiger partial charge on any atom is 0.164 e. The second-order valence-electron chi connectivity index (χ2n) is 12.6. The van der Waals surface area contributed by atoms with Gasteiger partial charge in [-0.25, -0.2) is 15.0 Å². The Morgan fingerprint density at radius 2 is 0.860 bits per heavy atom. The van der Waals surface area contributed by atoms with Crippen molar-refractivity contribution in [3.63, 3.8) is 0 Å². The van der Waals surface area contributed by atoms with E-state index in [0.717, 1.165) is 56.1 Å². The van der Waals surface area contributed by atoms with Gasteiger partial charge in [0.2, 0.25) is 0 Å². The molecule has 2 aromatic heterocycles. The third-order valence-corrected chi connectivity index (χ3v) is 9.86. The fourth-order valence-electron chi connectivity index (χ4n) is 7.67. The van der Waals surface area contributed by atoms with Crippen LogP contribution < -0.4 is 4.74 Å². The number of benzene rings is 6. The molecular formula is C45H28N4O. The maximum absolute atomic E-state index is 6.61. The van der Waals surface area contributed by atoms with Gasteiger partial charge in [0.25, 0.3) is 0 Å². The molecule has 50 heavy (non-hydrogen) atoms. The van der Waals surface area contributed by atoms with E-state index >= 15 is 0 Å². The molecule has 0 radical (unpaired) electrons. The van der Waals surface area contributed by atoms with Gasteiger partial charge in [-0.1, -0.05) is 127 Å². The Balaban J connectivity index is 1.26. The summed E-state index contributed by atoms with van der Waals surface area (Å²) in [5, 5.41) is 0. The Kier molecular flexibility index (Phi) is 6.33. The molecule has 234 valence electrons. The second-order valence-corrected chi connectivity index (χ2v) is 12.6. The van der Waals surface area contributed by atoms with Crippen molar-refractivity contribution in [1.29, 1.82) is 0 Å². The zero-order chi connectivity index (χ0) is 33.1. The molecule has 0 fully saturated rings. The van der Waals surface area contributed by atoms with Crippen LogP contribution in [0.4, 0.5) is 0 Å². The minimum atomic E-state index is -0.658. The normalized spacial score (nSPS) is 13.1. The van der Waals surface area contributed by atoms with Crippen molar-refractivity contribution in [1.82, 2.24) is 19.9 Å². The van der Waals surface area contributed by atoms with E-state index in [2.05, 4.69) is 78.9 Å². The smallest absolute Gasteiger partial charge is 0.164 e. The first kappa shape index (κ1) is 28.3. The molecule has 2 aliphatic rings. The molecule has 0 atom stereocenters. The summed E-state index contributed by atoms with van der Waals surface area (Å²) in [5.41, 5.74) is 11.0. The predicted molar refractivity (Wildman–Crippen MR) is 197 cm³/mol. The summed E-state index contributed by atoms with van der Waals surface area (Å²) >= 11 is 0. The minimum Gasteiger partial charge on any atom is -0.457 e. The number of fused-ring (bicyclic) bond motifs is 9. The van der Waals surface area contributed by atoms with E-state index in [0.29, 0.717) is 17.5 Å². The van der Waals surface area contributed by atoms with Crippen LogP contribution in [-0.2, 0) is 5.41 Å². The molecule has 1 spiro atoms. The van der Waals surface area contributed by atoms with Crippen molar-refractivity contribution in [3.05, 3.63) is 192 Å². The zero-order valence-corrected chi connectivity index (χ0v) is 26.9. The van der Waals surface area contributed by atoms with Crippen LogP contribution in [-0.4, -0.2) is 19.9 Å².